The average Bonchev–Trinajstić information content (AvgIpc) is 2.88. The first-order valence-corrected chi connectivity index (χ1v) is 8.16. The molecule has 0 aliphatic carbocycles. The van der Waals surface area contributed by atoms with E-state index >= 15 is 0 Å². The Hall–Kier alpha value is -2.30. The number of hydrogen-bond acceptors (Lipinski definition) is 4. The molecule has 2 atom stereocenters. The Labute approximate surface area is 141 Å². The second-order valence-corrected chi connectivity index (χ2v) is 6.35. The van der Waals surface area contributed by atoms with E-state index in [9.17, 15) is 5.11 Å². The number of benzene rings is 2. The molecule has 4 heteroatoms. The van der Waals surface area contributed by atoms with E-state index in [2.05, 4.69) is 0 Å². The van der Waals surface area contributed by atoms with Crippen molar-refractivity contribution in [2.75, 3.05) is 0 Å². The number of rotatable bonds is 3. The summed E-state index contributed by atoms with van der Waals surface area (Å²) in [6.07, 6.45) is 0.608. The van der Waals surface area contributed by atoms with Crippen LogP contribution in [0.25, 0.3) is 5.57 Å². The van der Waals surface area contributed by atoms with Crippen molar-refractivity contribution in [3.05, 3.63) is 65.2 Å². The van der Waals surface area contributed by atoms with Gasteiger partial charge in [-0.25, -0.2) is 0 Å². The first-order chi connectivity index (χ1) is 11.5. The molecule has 2 heterocycles. The molecule has 1 fully saturated rings. The molecule has 4 rings (SSSR count). The number of fused-ring (bicyclic) bond motifs is 2. The Kier molecular flexibility index (Phi) is 3.59. The highest BCUT2D eigenvalue weighted by Gasteiger charge is 2.48. The Balaban J connectivity index is 1.60. The molecule has 24 heavy (non-hydrogen) atoms. The van der Waals surface area contributed by atoms with Gasteiger partial charge in [0.1, 0.15) is 18.1 Å². The van der Waals surface area contributed by atoms with Crippen LogP contribution in [-0.2, 0) is 11.3 Å². The predicted molar refractivity (Wildman–Crippen MR) is 90.6 cm³/mol. The zero-order valence-corrected chi connectivity index (χ0v) is 13.8. The highest BCUT2D eigenvalue weighted by Crippen LogP contribution is 2.47. The van der Waals surface area contributed by atoms with Crippen molar-refractivity contribution in [3.8, 4) is 11.5 Å². The third-order valence-corrected chi connectivity index (χ3v) is 4.54. The summed E-state index contributed by atoms with van der Waals surface area (Å²) in [6.45, 7) is 4.41. The summed E-state index contributed by atoms with van der Waals surface area (Å²) in [5.74, 6) is -0.365. The lowest BCUT2D eigenvalue weighted by molar-refractivity contribution is -0.286. The van der Waals surface area contributed by atoms with Crippen LogP contribution in [0, 0.1) is 0 Å². The standard InChI is InChI=1S/C20H20O4/c1-13-10-18-14(2)17-9-8-16(11-19(17)24-20(18,21)23-13)22-12-15-6-4-3-5-7-15/h3-9,11,13,21H,10,12H2,1-2H3. The Bertz CT molecular complexity index is 797. The smallest absolute Gasteiger partial charge is 0.350 e. The molecule has 0 spiro atoms. The van der Waals surface area contributed by atoms with Crippen molar-refractivity contribution in [1.29, 1.82) is 0 Å². The fourth-order valence-corrected chi connectivity index (χ4v) is 3.32. The normalized spacial score (nSPS) is 25.0. The summed E-state index contributed by atoms with van der Waals surface area (Å²) >= 11 is 0. The molecule has 1 N–H and O–H groups in total. The van der Waals surface area contributed by atoms with Gasteiger partial charge in [-0.15, -0.1) is 0 Å². The van der Waals surface area contributed by atoms with Gasteiger partial charge in [-0.3, -0.25) is 0 Å². The zero-order valence-electron chi connectivity index (χ0n) is 13.8. The largest absolute Gasteiger partial charge is 0.489 e. The van der Waals surface area contributed by atoms with Crippen molar-refractivity contribution in [2.24, 2.45) is 0 Å². The first-order valence-electron chi connectivity index (χ1n) is 8.16. The number of aliphatic hydroxyl groups is 1. The van der Waals surface area contributed by atoms with Gasteiger partial charge in [0.05, 0.1) is 6.10 Å². The summed E-state index contributed by atoms with van der Waals surface area (Å²) in [7, 11) is 0. The molecular formula is C20H20O4. The molecule has 2 aromatic carbocycles. The molecule has 124 valence electrons. The van der Waals surface area contributed by atoms with E-state index in [1.807, 2.05) is 62.4 Å². The zero-order chi connectivity index (χ0) is 16.7. The minimum absolute atomic E-state index is 0.0666. The molecule has 2 unspecified atom stereocenters. The van der Waals surface area contributed by atoms with Gasteiger partial charge in [-0.05, 0) is 37.1 Å². The second kappa shape index (κ2) is 5.65. The Morgan fingerprint density at radius 1 is 1.21 bits per heavy atom. The van der Waals surface area contributed by atoms with Gasteiger partial charge in [0.2, 0.25) is 0 Å². The van der Waals surface area contributed by atoms with Crippen molar-refractivity contribution in [2.45, 2.75) is 39.0 Å². The van der Waals surface area contributed by atoms with Crippen LogP contribution in [0.4, 0.5) is 0 Å². The van der Waals surface area contributed by atoms with E-state index in [1.165, 1.54) is 0 Å². The van der Waals surface area contributed by atoms with Crippen LogP contribution in [-0.4, -0.2) is 17.2 Å². The molecule has 0 radical (unpaired) electrons. The SMILES string of the molecule is CC1=C2CC(C)OC2(O)Oc2cc(OCc3ccccc3)ccc21. The van der Waals surface area contributed by atoms with Gasteiger partial charge < -0.3 is 19.3 Å². The third-order valence-electron chi connectivity index (χ3n) is 4.54. The minimum Gasteiger partial charge on any atom is -0.489 e. The summed E-state index contributed by atoms with van der Waals surface area (Å²) in [6, 6.07) is 15.7. The Morgan fingerprint density at radius 2 is 2.00 bits per heavy atom. The van der Waals surface area contributed by atoms with Crippen molar-refractivity contribution in [3.63, 3.8) is 0 Å². The number of hydrogen-bond donors (Lipinski definition) is 1. The van der Waals surface area contributed by atoms with E-state index < -0.39 is 5.97 Å². The van der Waals surface area contributed by atoms with E-state index in [4.69, 9.17) is 14.2 Å². The molecular weight excluding hydrogens is 304 g/mol. The van der Waals surface area contributed by atoms with Crippen molar-refractivity contribution < 1.29 is 19.3 Å². The second-order valence-electron chi connectivity index (χ2n) is 6.35. The maximum Gasteiger partial charge on any atom is 0.350 e. The van der Waals surface area contributed by atoms with Crippen LogP contribution in [0.5, 0.6) is 11.5 Å². The van der Waals surface area contributed by atoms with Gasteiger partial charge in [0.15, 0.2) is 0 Å². The van der Waals surface area contributed by atoms with E-state index in [0.29, 0.717) is 24.5 Å². The van der Waals surface area contributed by atoms with Gasteiger partial charge in [0, 0.05) is 23.6 Å². The quantitative estimate of drug-likeness (QED) is 0.930. The maximum atomic E-state index is 10.7. The van der Waals surface area contributed by atoms with Crippen LogP contribution in [0.1, 0.15) is 31.4 Å². The number of ether oxygens (including phenoxy) is 3. The van der Waals surface area contributed by atoms with Crippen LogP contribution >= 0.6 is 0 Å². The minimum atomic E-state index is -1.64. The van der Waals surface area contributed by atoms with E-state index in [-0.39, 0.29) is 6.10 Å². The van der Waals surface area contributed by atoms with Crippen LogP contribution in [0.3, 0.4) is 0 Å². The molecule has 2 aromatic rings. The first kappa shape index (κ1) is 15.2. The van der Waals surface area contributed by atoms with Crippen LogP contribution in [0.2, 0.25) is 0 Å². The highest BCUT2D eigenvalue weighted by atomic mass is 16.8. The molecule has 0 amide bonds. The molecule has 4 nitrogen and oxygen atoms in total. The lowest BCUT2D eigenvalue weighted by Gasteiger charge is -2.31. The molecule has 0 aromatic heterocycles. The van der Waals surface area contributed by atoms with Crippen LogP contribution < -0.4 is 9.47 Å². The Morgan fingerprint density at radius 3 is 2.79 bits per heavy atom. The summed E-state index contributed by atoms with van der Waals surface area (Å²) in [4.78, 5) is 0. The van der Waals surface area contributed by atoms with Gasteiger partial charge in [-0.1, -0.05) is 30.3 Å². The van der Waals surface area contributed by atoms with E-state index in [0.717, 1.165) is 22.3 Å². The van der Waals surface area contributed by atoms with E-state index in [1.54, 1.807) is 0 Å². The average molecular weight is 324 g/mol. The van der Waals surface area contributed by atoms with Crippen molar-refractivity contribution >= 4 is 5.57 Å². The molecule has 0 bridgehead atoms. The monoisotopic (exact) mass is 324 g/mol. The summed E-state index contributed by atoms with van der Waals surface area (Å²) in [5.41, 5.74) is 3.89. The van der Waals surface area contributed by atoms with Gasteiger partial charge >= 0.3 is 5.97 Å². The maximum absolute atomic E-state index is 10.7. The number of allylic oxidation sites excluding steroid dienone is 1. The molecule has 2 aliphatic heterocycles. The summed E-state index contributed by atoms with van der Waals surface area (Å²) < 4.78 is 17.2. The lowest BCUT2D eigenvalue weighted by atomic mass is 9.94. The van der Waals surface area contributed by atoms with Crippen LogP contribution in [0.15, 0.2) is 54.1 Å². The van der Waals surface area contributed by atoms with Gasteiger partial charge in [-0.2, -0.15) is 0 Å². The predicted octanol–water partition coefficient (Wildman–Crippen LogP) is 3.89. The summed E-state index contributed by atoms with van der Waals surface area (Å²) in [5, 5.41) is 10.7. The van der Waals surface area contributed by atoms with Crippen molar-refractivity contribution in [1.82, 2.24) is 0 Å². The molecule has 2 aliphatic rings. The fraction of sp³-hybridized carbons (Fsp3) is 0.300. The fourth-order valence-electron chi connectivity index (χ4n) is 3.32. The topological polar surface area (TPSA) is 47.9 Å². The lowest BCUT2D eigenvalue weighted by Crippen LogP contribution is -2.39. The van der Waals surface area contributed by atoms with Gasteiger partial charge in [0.25, 0.3) is 0 Å². The third kappa shape index (κ3) is 2.58. The highest BCUT2D eigenvalue weighted by molar-refractivity contribution is 5.75. The molecule has 0 saturated carbocycles. The molecule has 1 saturated heterocycles.